The second kappa shape index (κ2) is 7.36. The smallest absolute Gasteiger partial charge is 0.134 e. The fourth-order valence-corrected chi connectivity index (χ4v) is 2.23. The summed E-state index contributed by atoms with van der Waals surface area (Å²) in [5, 5.41) is 3.29. The SMILES string of the molecule is COc1ccc(OC(C)CNCc2ccco2)c(Br)c1. The molecule has 20 heavy (non-hydrogen) atoms. The average Bonchev–Trinajstić information content (AvgIpc) is 2.94. The Bertz CT molecular complexity index is 528. The van der Waals surface area contributed by atoms with Crippen molar-refractivity contribution < 1.29 is 13.9 Å². The Labute approximate surface area is 127 Å². The molecule has 0 bridgehead atoms. The maximum Gasteiger partial charge on any atom is 0.134 e. The fourth-order valence-electron chi connectivity index (χ4n) is 1.77. The first kappa shape index (κ1) is 14.9. The standard InChI is InChI=1S/C15H18BrNO3/c1-11(9-17-10-13-4-3-7-19-13)20-15-6-5-12(18-2)8-14(15)16/h3-8,11,17H,9-10H2,1-2H3. The van der Waals surface area contributed by atoms with Gasteiger partial charge in [0.05, 0.1) is 24.4 Å². The second-order valence-corrected chi connectivity index (χ2v) is 5.29. The van der Waals surface area contributed by atoms with Crippen molar-refractivity contribution in [2.24, 2.45) is 0 Å². The van der Waals surface area contributed by atoms with Gasteiger partial charge in [0.1, 0.15) is 23.4 Å². The lowest BCUT2D eigenvalue weighted by Gasteiger charge is -2.16. The van der Waals surface area contributed by atoms with Crippen molar-refractivity contribution in [1.82, 2.24) is 5.32 Å². The number of halogens is 1. The molecule has 0 radical (unpaired) electrons. The van der Waals surface area contributed by atoms with Crippen molar-refractivity contribution in [3.8, 4) is 11.5 Å². The Morgan fingerprint density at radius 3 is 2.85 bits per heavy atom. The van der Waals surface area contributed by atoms with Gasteiger partial charge in [0.15, 0.2) is 0 Å². The van der Waals surface area contributed by atoms with Gasteiger partial charge in [0, 0.05) is 6.54 Å². The zero-order chi connectivity index (χ0) is 14.4. The molecule has 1 aromatic heterocycles. The molecule has 2 rings (SSSR count). The van der Waals surface area contributed by atoms with Gasteiger partial charge in [-0.15, -0.1) is 0 Å². The third-order valence-electron chi connectivity index (χ3n) is 2.78. The third-order valence-corrected chi connectivity index (χ3v) is 3.40. The molecule has 0 saturated heterocycles. The molecule has 4 nitrogen and oxygen atoms in total. The van der Waals surface area contributed by atoms with Crippen LogP contribution in [0.4, 0.5) is 0 Å². The summed E-state index contributed by atoms with van der Waals surface area (Å²) in [6.45, 7) is 3.45. The summed E-state index contributed by atoms with van der Waals surface area (Å²) in [4.78, 5) is 0. The molecule has 2 aromatic rings. The topological polar surface area (TPSA) is 43.6 Å². The molecule has 0 spiro atoms. The van der Waals surface area contributed by atoms with Crippen molar-refractivity contribution in [1.29, 1.82) is 0 Å². The molecule has 0 aliphatic rings. The normalized spacial score (nSPS) is 12.2. The van der Waals surface area contributed by atoms with Gasteiger partial charge < -0.3 is 19.2 Å². The van der Waals surface area contributed by atoms with Crippen LogP contribution in [0.1, 0.15) is 12.7 Å². The summed E-state index contributed by atoms with van der Waals surface area (Å²) >= 11 is 3.48. The van der Waals surface area contributed by atoms with Crippen LogP contribution < -0.4 is 14.8 Å². The number of furan rings is 1. The van der Waals surface area contributed by atoms with E-state index in [9.17, 15) is 0 Å². The van der Waals surface area contributed by atoms with Crippen LogP contribution >= 0.6 is 15.9 Å². The molecule has 0 fully saturated rings. The second-order valence-electron chi connectivity index (χ2n) is 4.44. The van der Waals surface area contributed by atoms with Crippen LogP contribution in [0.3, 0.4) is 0 Å². The molecular formula is C15H18BrNO3. The number of hydrogen-bond donors (Lipinski definition) is 1. The van der Waals surface area contributed by atoms with E-state index < -0.39 is 0 Å². The number of rotatable bonds is 7. The minimum Gasteiger partial charge on any atom is -0.497 e. The quantitative estimate of drug-likeness (QED) is 0.836. The van der Waals surface area contributed by atoms with Gasteiger partial charge in [-0.3, -0.25) is 0 Å². The predicted octanol–water partition coefficient (Wildman–Crippen LogP) is 3.61. The van der Waals surface area contributed by atoms with Crippen LogP contribution in [0.2, 0.25) is 0 Å². The van der Waals surface area contributed by atoms with Crippen molar-refractivity contribution in [2.75, 3.05) is 13.7 Å². The van der Waals surface area contributed by atoms with Crippen LogP contribution in [0.25, 0.3) is 0 Å². The number of nitrogens with one attached hydrogen (secondary N) is 1. The molecule has 1 unspecified atom stereocenters. The molecule has 0 aliphatic carbocycles. The molecule has 108 valence electrons. The Hall–Kier alpha value is -1.46. The van der Waals surface area contributed by atoms with Gasteiger partial charge in [-0.05, 0) is 53.2 Å². The van der Waals surface area contributed by atoms with Gasteiger partial charge in [0.2, 0.25) is 0 Å². The van der Waals surface area contributed by atoms with Gasteiger partial charge >= 0.3 is 0 Å². The highest BCUT2D eigenvalue weighted by atomic mass is 79.9. The van der Waals surface area contributed by atoms with E-state index in [0.717, 1.165) is 28.3 Å². The molecule has 0 amide bonds. The fraction of sp³-hybridized carbons (Fsp3) is 0.333. The molecule has 1 heterocycles. The highest BCUT2D eigenvalue weighted by molar-refractivity contribution is 9.10. The van der Waals surface area contributed by atoms with Crippen LogP contribution in [0.15, 0.2) is 45.5 Å². The molecule has 0 saturated carbocycles. The summed E-state index contributed by atoms with van der Waals surface area (Å²) in [6, 6.07) is 9.48. The van der Waals surface area contributed by atoms with Gasteiger partial charge in [-0.1, -0.05) is 0 Å². The summed E-state index contributed by atoms with van der Waals surface area (Å²) in [7, 11) is 1.64. The first-order valence-corrected chi connectivity index (χ1v) is 7.21. The Morgan fingerprint density at radius 2 is 2.20 bits per heavy atom. The average molecular weight is 340 g/mol. The molecule has 1 N–H and O–H groups in total. The van der Waals surface area contributed by atoms with E-state index >= 15 is 0 Å². The van der Waals surface area contributed by atoms with E-state index in [-0.39, 0.29) is 6.10 Å². The lowest BCUT2D eigenvalue weighted by molar-refractivity contribution is 0.214. The van der Waals surface area contributed by atoms with Crippen LogP contribution in [-0.2, 0) is 6.54 Å². The van der Waals surface area contributed by atoms with Crippen LogP contribution in [0, 0.1) is 0 Å². The van der Waals surface area contributed by atoms with E-state index in [1.807, 2.05) is 37.3 Å². The van der Waals surface area contributed by atoms with Gasteiger partial charge in [-0.25, -0.2) is 0 Å². The van der Waals surface area contributed by atoms with Crippen molar-refractivity contribution >= 4 is 15.9 Å². The van der Waals surface area contributed by atoms with E-state index in [1.54, 1.807) is 13.4 Å². The molecule has 1 atom stereocenters. The highest BCUT2D eigenvalue weighted by Crippen LogP contribution is 2.29. The number of hydrogen-bond acceptors (Lipinski definition) is 4. The first-order chi connectivity index (χ1) is 9.69. The van der Waals surface area contributed by atoms with E-state index in [2.05, 4.69) is 21.2 Å². The minimum absolute atomic E-state index is 0.0506. The lowest BCUT2D eigenvalue weighted by Crippen LogP contribution is -2.28. The Morgan fingerprint density at radius 1 is 1.35 bits per heavy atom. The number of ether oxygens (including phenoxy) is 2. The minimum atomic E-state index is 0.0506. The van der Waals surface area contributed by atoms with E-state index in [0.29, 0.717) is 6.54 Å². The van der Waals surface area contributed by atoms with Gasteiger partial charge in [0.25, 0.3) is 0 Å². The number of benzene rings is 1. The number of methoxy groups -OCH3 is 1. The van der Waals surface area contributed by atoms with Crippen molar-refractivity contribution in [3.05, 3.63) is 46.8 Å². The summed E-state index contributed by atoms with van der Waals surface area (Å²) in [5.74, 6) is 2.52. The third kappa shape index (κ3) is 4.28. The first-order valence-electron chi connectivity index (χ1n) is 6.42. The monoisotopic (exact) mass is 339 g/mol. The molecule has 5 heteroatoms. The van der Waals surface area contributed by atoms with Crippen LogP contribution in [-0.4, -0.2) is 19.8 Å². The zero-order valence-corrected chi connectivity index (χ0v) is 13.1. The highest BCUT2D eigenvalue weighted by Gasteiger charge is 2.08. The Kier molecular flexibility index (Phi) is 5.49. The van der Waals surface area contributed by atoms with Crippen molar-refractivity contribution in [3.63, 3.8) is 0 Å². The molecule has 0 aliphatic heterocycles. The lowest BCUT2D eigenvalue weighted by atomic mass is 10.3. The maximum absolute atomic E-state index is 5.87. The van der Waals surface area contributed by atoms with Gasteiger partial charge in [-0.2, -0.15) is 0 Å². The van der Waals surface area contributed by atoms with Crippen molar-refractivity contribution in [2.45, 2.75) is 19.6 Å². The van der Waals surface area contributed by atoms with Crippen LogP contribution in [0.5, 0.6) is 11.5 Å². The largest absolute Gasteiger partial charge is 0.497 e. The molecular weight excluding hydrogens is 322 g/mol. The zero-order valence-electron chi connectivity index (χ0n) is 11.6. The maximum atomic E-state index is 5.87. The van der Waals surface area contributed by atoms with E-state index in [4.69, 9.17) is 13.9 Å². The summed E-state index contributed by atoms with van der Waals surface area (Å²) in [6.07, 6.45) is 1.72. The predicted molar refractivity (Wildman–Crippen MR) is 81.2 cm³/mol. The van der Waals surface area contributed by atoms with E-state index in [1.165, 1.54) is 0 Å². The summed E-state index contributed by atoms with van der Waals surface area (Å²) in [5.41, 5.74) is 0. The summed E-state index contributed by atoms with van der Waals surface area (Å²) < 4.78 is 17.2. The Balaban J connectivity index is 1.80. The molecule has 1 aromatic carbocycles.